The summed E-state index contributed by atoms with van der Waals surface area (Å²) in [6.45, 7) is 2.03. The van der Waals surface area contributed by atoms with Crippen LogP contribution in [0.1, 0.15) is 5.56 Å². The van der Waals surface area contributed by atoms with E-state index >= 15 is 0 Å². The number of hydrogen-bond donors (Lipinski definition) is 0. The first-order valence-electron chi connectivity index (χ1n) is 5.78. The summed E-state index contributed by atoms with van der Waals surface area (Å²) >= 11 is 0. The predicted octanol–water partition coefficient (Wildman–Crippen LogP) is 3.81. The maximum atomic E-state index is 5.76. The van der Waals surface area contributed by atoms with Crippen LogP contribution in [0.5, 0.6) is 5.75 Å². The fraction of sp³-hybridized carbons (Fsp3) is 0.133. The fourth-order valence-electron chi connectivity index (χ4n) is 1.94. The SMILES string of the molecule is COc1ccc(-c2nc3c(C)cccc3o2)cc1. The molecule has 18 heavy (non-hydrogen) atoms. The number of fused-ring (bicyclic) bond motifs is 1. The summed E-state index contributed by atoms with van der Waals surface area (Å²) in [5.74, 6) is 1.47. The van der Waals surface area contributed by atoms with Gasteiger partial charge in [0, 0.05) is 5.56 Å². The number of methoxy groups -OCH3 is 1. The molecular formula is C15H13NO2. The van der Waals surface area contributed by atoms with Gasteiger partial charge in [-0.15, -0.1) is 0 Å². The zero-order valence-corrected chi connectivity index (χ0v) is 10.3. The Balaban J connectivity index is 2.10. The number of nitrogens with zero attached hydrogens (tertiary/aromatic N) is 1. The molecule has 2 aromatic carbocycles. The first kappa shape index (κ1) is 10.8. The smallest absolute Gasteiger partial charge is 0.227 e. The fourth-order valence-corrected chi connectivity index (χ4v) is 1.94. The first-order chi connectivity index (χ1) is 8.78. The number of benzene rings is 2. The standard InChI is InChI=1S/C15H13NO2/c1-10-4-3-5-13-14(10)16-15(18-13)11-6-8-12(17-2)9-7-11/h3-9H,1-2H3. The molecule has 0 aliphatic rings. The minimum Gasteiger partial charge on any atom is -0.497 e. The Kier molecular flexibility index (Phi) is 2.52. The van der Waals surface area contributed by atoms with Crippen molar-refractivity contribution in [3.8, 4) is 17.2 Å². The highest BCUT2D eigenvalue weighted by molar-refractivity contribution is 5.79. The van der Waals surface area contributed by atoms with Crippen LogP contribution in [0.3, 0.4) is 0 Å². The summed E-state index contributed by atoms with van der Waals surface area (Å²) in [4.78, 5) is 4.53. The second kappa shape index (κ2) is 4.18. The third kappa shape index (κ3) is 1.74. The number of rotatable bonds is 2. The van der Waals surface area contributed by atoms with Gasteiger partial charge < -0.3 is 9.15 Å². The van der Waals surface area contributed by atoms with Crippen LogP contribution in [0.15, 0.2) is 46.9 Å². The van der Waals surface area contributed by atoms with Gasteiger partial charge in [-0.1, -0.05) is 12.1 Å². The first-order valence-corrected chi connectivity index (χ1v) is 5.78. The molecule has 0 saturated carbocycles. The lowest BCUT2D eigenvalue weighted by Gasteiger charge is -1.99. The summed E-state index contributed by atoms with van der Waals surface area (Å²) in [6, 6.07) is 13.6. The minimum atomic E-state index is 0.641. The molecule has 0 N–H and O–H groups in total. The van der Waals surface area contributed by atoms with Gasteiger partial charge in [-0.25, -0.2) is 4.98 Å². The van der Waals surface area contributed by atoms with E-state index in [1.807, 2.05) is 49.4 Å². The highest BCUT2D eigenvalue weighted by Crippen LogP contribution is 2.27. The van der Waals surface area contributed by atoms with Gasteiger partial charge in [0.05, 0.1) is 7.11 Å². The zero-order valence-electron chi connectivity index (χ0n) is 10.3. The summed E-state index contributed by atoms with van der Waals surface area (Å²) < 4.78 is 10.9. The molecule has 1 heterocycles. The molecule has 3 rings (SSSR count). The molecule has 90 valence electrons. The van der Waals surface area contributed by atoms with Gasteiger partial charge in [-0.05, 0) is 42.8 Å². The second-order valence-corrected chi connectivity index (χ2v) is 4.17. The van der Waals surface area contributed by atoms with E-state index in [4.69, 9.17) is 9.15 Å². The van der Waals surface area contributed by atoms with Crippen molar-refractivity contribution in [2.24, 2.45) is 0 Å². The molecule has 0 spiro atoms. The van der Waals surface area contributed by atoms with Gasteiger partial charge in [0.15, 0.2) is 5.58 Å². The van der Waals surface area contributed by atoms with Crippen molar-refractivity contribution >= 4 is 11.1 Å². The number of para-hydroxylation sites is 1. The molecule has 3 nitrogen and oxygen atoms in total. The van der Waals surface area contributed by atoms with Crippen LogP contribution in [0.25, 0.3) is 22.6 Å². The van der Waals surface area contributed by atoms with Crippen molar-refractivity contribution in [3.63, 3.8) is 0 Å². The Hall–Kier alpha value is -2.29. The van der Waals surface area contributed by atoms with E-state index in [2.05, 4.69) is 4.98 Å². The Bertz CT molecular complexity index is 683. The molecule has 0 radical (unpaired) electrons. The Morgan fingerprint density at radius 2 is 1.83 bits per heavy atom. The van der Waals surface area contributed by atoms with Crippen molar-refractivity contribution in [2.45, 2.75) is 6.92 Å². The Morgan fingerprint density at radius 1 is 1.06 bits per heavy atom. The van der Waals surface area contributed by atoms with Crippen LogP contribution < -0.4 is 4.74 Å². The maximum Gasteiger partial charge on any atom is 0.227 e. The van der Waals surface area contributed by atoms with Gasteiger partial charge in [-0.3, -0.25) is 0 Å². The highest BCUT2D eigenvalue weighted by atomic mass is 16.5. The number of ether oxygens (including phenoxy) is 1. The van der Waals surface area contributed by atoms with E-state index in [9.17, 15) is 0 Å². The van der Waals surface area contributed by atoms with Gasteiger partial charge in [0.2, 0.25) is 5.89 Å². The molecule has 0 unspecified atom stereocenters. The normalized spacial score (nSPS) is 10.8. The van der Waals surface area contributed by atoms with Gasteiger partial charge in [-0.2, -0.15) is 0 Å². The molecule has 0 aliphatic carbocycles. The van der Waals surface area contributed by atoms with E-state index < -0.39 is 0 Å². The van der Waals surface area contributed by atoms with Crippen molar-refractivity contribution < 1.29 is 9.15 Å². The quantitative estimate of drug-likeness (QED) is 0.682. The molecule has 0 aliphatic heterocycles. The van der Waals surface area contributed by atoms with Crippen molar-refractivity contribution in [1.29, 1.82) is 0 Å². The van der Waals surface area contributed by atoms with E-state index in [0.29, 0.717) is 5.89 Å². The zero-order chi connectivity index (χ0) is 12.5. The summed E-state index contributed by atoms with van der Waals surface area (Å²) in [6.07, 6.45) is 0. The number of hydrogen-bond acceptors (Lipinski definition) is 3. The topological polar surface area (TPSA) is 35.3 Å². The lowest BCUT2D eigenvalue weighted by atomic mass is 10.2. The average Bonchev–Trinajstić information content (AvgIpc) is 2.84. The lowest BCUT2D eigenvalue weighted by Crippen LogP contribution is -1.82. The summed E-state index contributed by atoms with van der Waals surface area (Å²) in [5.41, 5.74) is 3.81. The maximum absolute atomic E-state index is 5.76. The molecule has 3 heteroatoms. The average molecular weight is 239 g/mol. The molecule has 0 atom stereocenters. The number of oxazole rings is 1. The van der Waals surface area contributed by atoms with Crippen LogP contribution in [0.4, 0.5) is 0 Å². The monoisotopic (exact) mass is 239 g/mol. The molecule has 0 bridgehead atoms. The van der Waals surface area contributed by atoms with Crippen molar-refractivity contribution in [1.82, 2.24) is 4.98 Å². The van der Waals surface area contributed by atoms with E-state index in [1.54, 1.807) is 7.11 Å². The number of aryl methyl sites for hydroxylation is 1. The molecular weight excluding hydrogens is 226 g/mol. The van der Waals surface area contributed by atoms with Crippen LogP contribution in [0.2, 0.25) is 0 Å². The third-order valence-corrected chi connectivity index (χ3v) is 2.96. The van der Waals surface area contributed by atoms with Crippen LogP contribution in [0, 0.1) is 6.92 Å². The summed E-state index contributed by atoms with van der Waals surface area (Å²) in [5, 5.41) is 0. The lowest BCUT2D eigenvalue weighted by molar-refractivity contribution is 0.415. The molecule has 0 fully saturated rings. The highest BCUT2D eigenvalue weighted by Gasteiger charge is 2.09. The van der Waals surface area contributed by atoms with Crippen LogP contribution in [-0.4, -0.2) is 12.1 Å². The van der Waals surface area contributed by atoms with Crippen molar-refractivity contribution in [2.75, 3.05) is 7.11 Å². The number of aromatic nitrogens is 1. The van der Waals surface area contributed by atoms with Gasteiger partial charge in [0.25, 0.3) is 0 Å². The summed E-state index contributed by atoms with van der Waals surface area (Å²) in [7, 11) is 1.65. The molecule has 3 aromatic rings. The predicted molar refractivity (Wildman–Crippen MR) is 70.7 cm³/mol. The van der Waals surface area contributed by atoms with E-state index in [-0.39, 0.29) is 0 Å². The molecule has 0 amide bonds. The van der Waals surface area contributed by atoms with Crippen LogP contribution >= 0.6 is 0 Å². The molecule has 0 saturated heterocycles. The van der Waals surface area contributed by atoms with Gasteiger partial charge in [0.1, 0.15) is 11.3 Å². The largest absolute Gasteiger partial charge is 0.497 e. The molecule has 1 aromatic heterocycles. The minimum absolute atomic E-state index is 0.641. The van der Waals surface area contributed by atoms with E-state index in [0.717, 1.165) is 28.0 Å². The van der Waals surface area contributed by atoms with Crippen molar-refractivity contribution in [3.05, 3.63) is 48.0 Å². The Labute approximate surface area is 105 Å². The third-order valence-electron chi connectivity index (χ3n) is 2.96. The van der Waals surface area contributed by atoms with E-state index in [1.165, 1.54) is 0 Å². The van der Waals surface area contributed by atoms with Gasteiger partial charge >= 0.3 is 0 Å². The Morgan fingerprint density at radius 3 is 2.50 bits per heavy atom. The second-order valence-electron chi connectivity index (χ2n) is 4.17. The van der Waals surface area contributed by atoms with Crippen LogP contribution in [-0.2, 0) is 0 Å².